The normalized spacial score (nSPS) is 40.9. The summed E-state index contributed by atoms with van der Waals surface area (Å²) >= 11 is 0. The van der Waals surface area contributed by atoms with Gasteiger partial charge in [0.25, 0.3) is 5.91 Å². The van der Waals surface area contributed by atoms with Crippen molar-refractivity contribution in [3.63, 3.8) is 0 Å². The Kier molecular flexibility index (Phi) is 2.20. The molecule has 0 radical (unpaired) electrons. The van der Waals surface area contributed by atoms with Crippen molar-refractivity contribution in [2.24, 2.45) is 5.41 Å². The molecule has 16 heavy (non-hydrogen) atoms. The summed E-state index contributed by atoms with van der Waals surface area (Å²) in [4.78, 5) is 25.6. The highest BCUT2D eigenvalue weighted by Gasteiger charge is 2.71. The third kappa shape index (κ3) is 0.978. The van der Waals surface area contributed by atoms with Gasteiger partial charge in [0.15, 0.2) is 11.9 Å². The highest BCUT2D eigenvalue weighted by molar-refractivity contribution is 6.06. The Balaban J connectivity index is 2.46. The second-order valence-corrected chi connectivity index (χ2v) is 5.27. The lowest BCUT2D eigenvalue weighted by molar-refractivity contribution is -0.180. The van der Waals surface area contributed by atoms with Gasteiger partial charge in [-0.15, -0.1) is 0 Å². The van der Waals surface area contributed by atoms with Crippen molar-refractivity contribution in [3.05, 3.63) is 0 Å². The van der Waals surface area contributed by atoms with Crippen LogP contribution in [0.15, 0.2) is 0 Å². The first-order valence-electron chi connectivity index (χ1n) is 5.34. The lowest BCUT2D eigenvalue weighted by atomic mass is 9.75. The second-order valence-electron chi connectivity index (χ2n) is 5.27. The minimum absolute atomic E-state index is 0.0969. The number of aliphatic hydroxyl groups excluding tert-OH is 1. The van der Waals surface area contributed by atoms with E-state index in [1.165, 1.54) is 7.11 Å². The van der Waals surface area contributed by atoms with E-state index < -0.39 is 17.1 Å². The van der Waals surface area contributed by atoms with E-state index in [9.17, 15) is 14.7 Å². The molecular formula is C11H17NO4. The van der Waals surface area contributed by atoms with Crippen LogP contribution in [0.25, 0.3) is 0 Å². The van der Waals surface area contributed by atoms with Gasteiger partial charge >= 0.3 is 0 Å². The van der Waals surface area contributed by atoms with Crippen molar-refractivity contribution in [3.8, 4) is 0 Å². The number of aliphatic hydroxyl groups is 1. The largest absolute Gasteiger partial charge is 0.395 e. The number of carbonyl (C=O) groups is 2. The van der Waals surface area contributed by atoms with Crippen molar-refractivity contribution in [2.75, 3.05) is 13.7 Å². The lowest BCUT2D eigenvalue weighted by Crippen LogP contribution is -2.70. The van der Waals surface area contributed by atoms with Gasteiger partial charge in [-0.1, -0.05) is 0 Å². The summed E-state index contributed by atoms with van der Waals surface area (Å²) in [6.07, 6.45) is -0.595. The average molecular weight is 227 g/mol. The number of ether oxygens (including phenoxy) is 1. The van der Waals surface area contributed by atoms with Crippen LogP contribution in [0.5, 0.6) is 0 Å². The van der Waals surface area contributed by atoms with Crippen molar-refractivity contribution < 1.29 is 19.4 Å². The van der Waals surface area contributed by atoms with E-state index in [2.05, 4.69) is 0 Å². The number of ketones is 1. The van der Waals surface area contributed by atoms with Crippen LogP contribution >= 0.6 is 0 Å². The Morgan fingerprint density at radius 1 is 1.38 bits per heavy atom. The summed E-state index contributed by atoms with van der Waals surface area (Å²) in [7, 11) is 1.45. The van der Waals surface area contributed by atoms with Gasteiger partial charge in [-0.05, 0) is 20.8 Å². The van der Waals surface area contributed by atoms with Gasteiger partial charge in [0, 0.05) is 7.11 Å². The molecule has 3 atom stereocenters. The molecule has 0 bridgehead atoms. The number of methoxy groups -OCH3 is 1. The molecule has 2 rings (SSSR count). The van der Waals surface area contributed by atoms with Gasteiger partial charge in [0.05, 0.1) is 23.6 Å². The smallest absolute Gasteiger partial charge is 0.255 e. The molecular weight excluding hydrogens is 210 g/mol. The predicted molar refractivity (Wildman–Crippen MR) is 55.7 cm³/mol. The standard InChI is InChI=1S/C11H17NO4/c1-10(2)9(15)11(3,5-13)7-6(16-4)8(14)12(7)10/h6-7,13H,5H2,1-4H3/t6-,7-,11?/m0/s1. The van der Waals surface area contributed by atoms with Gasteiger partial charge in [0.1, 0.15) is 0 Å². The number of carbonyl (C=O) groups excluding carboxylic acids is 2. The summed E-state index contributed by atoms with van der Waals surface area (Å²) in [6, 6.07) is -0.336. The molecule has 1 unspecified atom stereocenters. The fourth-order valence-electron chi connectivity index (χ4n) is 3.04. The van der Waals surface area contributed by atoms with E-state index >= 15 is 0 Å². The SMILES string of the molecule is CO[C@@H]1C(=O)N2[C@@H]1C(C)(CO)C(=O)C2(C)C. The average Bonchev–Trinajstić information content (AvgIpc) is 2.36. The number of β-lactam (4-membered cyclic amide) rings is 1. The first-order chi connectivity index (χ1) is 7.32. The van der Waals surface area contributed by atoms with Crippen LogP contribution in [0, 0.1) is 5.41 Å². The molecule has 0 saturated carbocycles. The number of hydrogen-bond acceptors (Lipinski definition) is 4. The summed E-state index contributed by atoms with van der Waals surface area (Å²) in [5.41, 5.74) is -1.74. The van der Waals surface area contributed by atoms with Crippen molar-refractivity contribution in [2.45, 2.75) is 38.5 Å². The van der Waals surface area contributed by atoms with E-state index in [1.807, 2.05) is 0 Å². The van der Waals surface area contributed by atoms with Crippen molar-refractivity contribution in [1.29, 1.82) is 0 Å². The zero-order valence-electron chi connectivity index (χ0n) is 9.98. The van der Waals surface area contributed by atoms with E-state index in [0.29, 0.717) is 0 Å². The molecule has 5 nitrogen and oxygen atoms in total. The molecule has 0 aromatic carbocycles. The predicted octanol–water partition coefficient (Wildman–Crippen LogP) is -0.428. The number of nitrogens with zero attached hydrogens (tertiary/aromatic N) is 1. The third-order valence-electron chi connectivity index (χ3n) is 3.96. The van der Waals surface area contributed by atoms with Crippen molar-refractivity contribution in [1.82, 2.24) is 4.90 Å². The maximum absolute atomic E-state index is 12.2. The highest BCUT2D eigenvalue weighted by atomic mass is 16.5. The third-order valence-corrected chi connectivity index (χ3v) is 3.96. The molecule has 0 spiro atoms. The fraction of sp³-hybridized carbons (Fsp3) is 0.818. The lowest BCUT2D eigenvalue weighted by Gasteiger charge is -2.49. The van der Waals surface area contributed by atoms with Gasteiger partial charge < -0.3 is 14.7 Å². The Hall–Kier alpha value is -0.940. The fourth-order valence-corrected chi connectivity index (χ4v) is 3.04. The topological polar surface area (TPSA) is 66.8 Å². The van der Waals surface area contributed by atoms with E-state index in [0.717, 1.165) is 0 Å². The molecule has 2 fully saturated rings. The molecule has 1 N–H and O–H groups in total. The number of rotatable bonds is 2. The minimum Gasteiger partial charge on any atom is -0.395 e. The summed E-state index contributed by atoms with van der Waals surface area (Å²) in [5.74, 6) is -0.261. The van der Waals surface area contributed by atoms with E-state index in [-0.39, 0.29) is 24.3 Å². The van der Waals surface area contributed by atoms with Gasteiger partial charge in [-0.25, -0.2) is 0 Å². The number of Topliss-reactive ketones (excluding diaryl/α,β-unsaturated/α-hetero) is 1. The van der Waals surface area contributed by atoms with Crippen LogP contribution in [0.4, 0.5) is 0 Å². The minimum atomic E-state index is -0.905. The zero-order chi connectivity index (χ0) is 12.3. The Bertz CT molecular complexity index is 365. The molecule has 0 aromatic rings. The molecule has 5 heteroatoms. The van der Waals surface area contributed by atoms with Crippen LogP contribution in [0.2, 0.25) is 0 Å². The van der Waals surface area contributed by atoms with Crippen LogP contribution in [0.1, 0.15) is 20.8 Å². The summed E-state index contributed by atoms with van der Waals surface area (Å²) in [5, 5.41) is 9.44. The zero-order valence-corrected chi connectivity index (χ0v) is 9.98. The Morgan fingerprint density at radius 2 is 1.94 bits per heavy atom. The van der Waals surface area contributed by atoms with Crippen LogP contribution in [-0.2, 0) is 14.3 Å². The molecule has 1 amide bonds. The number of fused-ring (bicyclic) bond motifs is 1. The molecule has 2 aliphatic heterocycles. The summed E-state index contributed by atoms with van der Waals surface area (Å²) in [6.45, 7) is 4.86. The second kappa shape index (κ2) is 3.05. The molecule has 90 valence electrons. The van der Waals surface area contributed by atoms with Crippen molar-refractivity contribution >= 4 is 11.7 Å². The molecule has 2 saturated heterocycles. The van der Waals surface area contributed by atoms with E-state index in [1.54, 1.807) is 25.7 Å². The maximum Gasteiger partial charge on any atom is 0.255 e. The van der Waals surface area contributed by atoms with Gasteiger partial charge in [-0.3, -0.25) is 9.59 Å². The van der Waals surface area contributed by atoms with Crippen LogP contribution in [-0.4, -0.2) is 53.1 Å². The molecule has 2 heterocycles. The molecule has 0 aliphatic carbocycles. The van der Waals surface area contributed by atoms with Crippen LogP contribution < -0.4 is 0 Å². The number of hydrogen-bond donors (Lipinski definition) is 1. The quantitative estimate of drug-likeness (QED) is 0.650. The van der Waals surface area contributed by atoms with Gasteiger partial charge in [-0.2, -0.15) is 0 Å². The maximum atomic E-state index is 12.2. The van der Waals surface area contributed by atoms with E-state index in [4.69, 9.17) is 4.74 Å². The first-order valence-corrected chi connectivity index (χ1v) is 5.34. The monoisotopic (exact) mass is 227 g/mol. The van der Waals surface area contributed by atoms with Gasteiger partial charge in [0.2, 0.25) is 0 Å². The van der Waals surface area contributed by atoms with Crippen LogP contribution in [0.3, 0.4) is 0 Å². The molecule has 2 aliphatic rings. The number of amides is 1. The first kappa shape index (κ1) is 11.5. The summed E-state index contributed by atoms with van der Waals surface area (Å²) < 4.78 is 5.10. The Morgan fingerprint density at radius 3 is 2.38 bits per heavy atom. The Labute approximate surface area is 94.4 Å². The highest BCUT2D eigenvalue weighted by Crippen LogP contribution is 2.50. The molecule has 0 aromatic heterocycles.